The first-order valence-corrected chi connectivity index (χ1v) is 25.4. The van der Waals surface area contributed by atoms with Crippen LogP contribution in [0.15, 0.2) is 94.4 Å². The third-order valence-electron chi connectivity index (χ3n) is 10.9. The first-order chi connectivity index (χ1) is 28.3. The summed E-state index contributed by atoms with van der Waals surface area (Å²) in [5.41, 5.74) is 1.66. The Kier molecular flexibility index (Phi) is 16.2. The fourth-order valence-electron chi connectivity index (χ4n) is 8.00. The number of unbranched alkanes of at least 4 members (excludes halogenated alkanes) is 2. The van der Waals surface area contributed by atoms with Gasteiger partial charge in [-0.25, -0.2) is 0 Å². The van der Waals surface area contributed by atoms with E-state index in [1.54, 1.807) is 54.7 Å². The minimum atomic E-state index is -4.61. The van der Waals surface area contributed by atoms with Gasteiger partial charge in [-0.05, 0) is 94.3 Å². The number of methoxy groups -OCH3 is 1. The quantitative estimate of drug-likeness (QED) is 0.0399. The number of ether oxygens (including phenoxy) is 1. The molecule has 2 aliphatic rings. The van der Waals surface area contributed by atoms with Crippen molar-refractivity contribution in [2.45, 2.75) is 85.8 Å². The molecule has 0 amide bonds. The standard InChI is InChI=1S/C40H52N2O15S4/c1-39(21-12-26-58(45,46)47)32-28-30(60(51,52)53)17-19-34(32)41(23-11-7-10-16-38(43)44)36(39)14-8-5-4-6-9-15-37-40(2,22-13-27-59(48,49)50)33-29-31(61(54,55)56)18-20-35(33)42(37)24-25-57-3/h4-6,8-9,14-15,17-20,28-29H,7,10-13,16,21-27H2,1-3H3,(H4-,43,44,45,46,47,48,49,50,51,52,53,54,55,56)/p+1. The van der Waals surface area contributed by atoms with E-state index in [1.165, 1.54) is 31.4 Å². The van der Waals surface area contributed by atoms with Crippen LogP contribution in [0.25, 0.3) is 0 Å². The Hall–Kier alpha value is -4.06. The number of rotatable bonds is 23. The van der Waals surface area contributed by atoms with E-state index >= 15 is 0 Å². The van der Waals surface area contributed by atoms with Crippen molar-refractivity contribution in [3.8, 4) is 0 Å². The molecule has 336 valence electrons. The summed E-state index contributed by atoms with van der Waals surface area (Å²) in [5, 5.41) is 9.09. The fraction of sp³-hybridized carbons (Fsp3) is 0.450. The number of hydrogen-bond donors (Lipinski definition) is 5. The van der Waals surface area contributed by atoms with Crippen molar-refractivity contribution in [3.05, 3.63) is 95.8 Å². The molecule has 2 aliphatic heterocycles. The van der Waals surface area contributed by atoms with Crippen molar-refractivity contribution in [1.82, 2.24) is 0 Å². The first-order valence-electron chi connectivity index (χ1n) is 19.3. The summed E-state index contributed by atoms with van der Waals surface area (Å²) in [6.07, 6.45) is 14.2. The molecule has 21 heteroatoms. The lowest BCUT2D eigenvalue weighted by molar-refractivity contribution is -0.438. The van der Waals surface area contributed by atoms with E-state index in [9.17, 15) is 56.7 Å². The minimum absolute atomic E-state index is 0.00645. The monoisotopic (exact) mass is 929 g/mol. The highest BCUT2D eigenvalue weighted by Gasteiger charge is 2.48. The molecule has 0 fully saturated rings. The van der Waals surface area contributed by atoms with Crippen LogP contribution >= 0.6 is 0 Å². The molecule has 0 aliphatic carbocycles. The summed E-state index contributed by atoms with van der Waals surface area (Å²) < 4.78 is 141. The van der Waals surface area contributed by atoms with Gasteiger partial charge in [-0.15, -0.1) is 0 Å². The second-order valence-electron chi connectivity index (χ2n) is 15.3. The van der Waals surface area contributed by atoms with Crippen LogP contribution in [0.3, 0.4) is 0 Å². The molecule has 2 aromatic carbocycles. The molecule has 0 radical (unpaired) electrons. The number of fused-ring (bicyclic) bond motifs is 2. The Balaban J connectivity index is 1.73. The zero-order chi connectivity index (χ0) is 45.4. The molecule has 0 bridgehead atoms. The maximum atomic E-state index is 12.2. The number of carbonyl (C=O) groups is 1. The van der Waals surface area contributed by atoms with E-state index in [0.29, 0.717) is 66.3 Å². The van der Waals surface area contributed by atoms with Crippen LogP contribution in [0.1, 0.15) is 76.3 Å². The Morgan fingerprint density at radius 2 is 1.28 bits per heavy atom. The Morgan fingerprint density at radius 3 is 1.85 bits per heavy atom. The average Bonchev–Trinajstić information content (AvgIpc) is 3.51. The van der Waals surface area contributed by atoms with Crippen molar-refractivity contribution in [3.63, 3.8) is 0 Å². The fourth-order valence-corrected chi connectivity index (χ4v) is 10.0. The summed E-state index contributed by atoms with van der Waals surface area (Å²) in [6.45, 7) is 4.64. The molecule has 61 heavy (non-hydrogen) atoms. The highest BCUT2D eigenvalue weighted by molar-refractivity contribution is 7.86. The van der Waals surface area contributed by atoms with Crippen LogP contribution in [0.4, 0.5) is 11.4 Å². The summed E-state index contributed by atoms with van der Waals surface area (Å²) in [7, 11) is -16.3. The van der Waals surface area contributed by atoms with Gasteiger partial charge in [0.2, 0.25) is 5.69 Å². The predicted octanol–water partition coefficient (Wildman–Crippen LogP) is 5.49. The third kappa shape index (κ3) is 13.0. The van der Waals surface area contributed by atoms with E-state index in [0.717, 1.165) is 0 Å². The predicted molar refractivity (Wildman–Crippen MR) is 229 cm³/mol. The minimum Gasteiger partial charge on any atom is -0.481 e. The molecule has 2 unspecified atom stereocenters. The maximum absolute atomic E-state index is 12.2. The SMILES string of the molecule is COCCN1/C(=C/C=C/C=C/C=C/C2=[N+](CCCCCC(=O)O)c3ccc(S(=O)(=O)O)cc3C2(C)CCCS(=O)(=O)O)C(C)(CCCS(=O)(=O)O)c2cc(S(=O)(=O)O)ccc21. The second kappa shape index (κ2) is 20.0. The molecule has 4 rings (SSSR count). The summed E-state index contributed by atoms with van der Waals surface area (Å²) in [4.78, 5) is 12.3. The van der Waals surface area contributed by atoms with Crippen molar-refractivity contribution in [1.29, 1.82) is 0 Å². The summed E-state index contributed by atoms with van der Waals surface area (Å²) in [5.74, 6) is -1.99. The van der Waals surface area contributed by atoms with Crippen LogP contribution in [-0.4, -0.2) is 112 Å². The zero-order valence-electron chi connectivity index (χ0n) is 34.0. The number of hydrogen-bond acceptors (Lipinski definition) is 11. The highest BCUT2D eigenvalue weighted by Crippen LogP contribution is 2.51. The van der Waals surface area contributed by atoms with Gasteiger partial charge in [0.25, 0.3) is 40.5 Å². The van der Waals surface area contributed by atoms with Crippen LogP contribution in [0.2, 0.25) is 0 Å². The average molecular weight is 930 g/mol. The van der Waals surface area contributed by atoms with Gasteiger partial charge in [0, 0.05) is 61.0 Å². The van der Waals surface area contributed by atoms with Crippen molar-refractivity contribution >= 4 is 63.5 Å². The largest absolute Gasteiger partial charge is 0.481 e. The lowest BCUT2D eigenvalue weighted by Gasteiger charge is -2.30. The van der Waals surface area contributed by atoms with Crippen molar-refractivity contribution < 1.29 is 71.1 Å². The molecule has 0 saturated heterocycles. The van der Waals surface area contributed by atoms with Gasteiger partial charge in [0.05, 0.1) is 33.3 Å². The number of anilines is 1. The molecule has 2 heterocycles. The molecular formula is C40H53N2O15S4+. The van der Waals surface area contributed by atoms with Gasteiger partial charge in [-0.1, -0.05) is 30.4 Å². The van der Waals surface area contributed by atoms with Crippen LogP contribution in [-0.2, 0) is 60.8 Å². The van der Waals surface area contributed by atoms with E-state index in [2.05, 4.69) is 0 Å². The Labute approximate surface area is 357 Å². The first kappa shape index (κ1) is 49.6. The number of carboxylic acids is 1. The van der Waals surface area contributed by atoms with Crippen LogP contribution in [0.5, 0.6) is 0 Å². The van der Waals surface area contributed by atoms with Gasteiger partial charge in [-0.3, -0.25) is 23.0 Å². The van der Waals surface area contributed by atoms with Gasteiger partial charge >= 0.3 is 5.97 Å². The zero-order valence-corrected chi connectivity index (χ0v) is 37.3. The molecule has 0 spiro atoms. The molecule has 17 nitrogen and oxygen atoms in total. The topological polar surface area (TPSA) is 270 Å². The van der Waals surface area contributed by atoms with Gasteiger partial charge in [-0.2, -0.15) is 38.2 Å². The van der Waals surface area contributed by atoms with Crippen molar-refractivity contribution in [2.75, 3.05) is 43.2 Å². The lowest BCUT2D eigenvalue weighted by Crippen LogP contribution is -2.32. The van der Waals surface area contributed by atoms with Crippen molar-refractivity contribution in [2.24, 2.45) is 0 Å². The van der Waals surface area contributed by atoms with Gasteiger partial charge in [0.1, 0.15) is 6.54 Å². The molecule has 2 atom stereocenters. The van der Waals surface area contributed by atoms with E-state index in [-0.39, 0.29) is 48.5 Å². The molecule has 0 saturated carbocycles. The third-order valence-corrected chi connectivity index (χ3v) is 14.2. The second-order valence-corrected chi connectivity index (χ2v) is 21.3. The Morgan fingerprint density at radius 1 is 0.721 bits per heavy atom. The number of benzene rings is 2. The highest BCUT2D eigenvalue weighted by atomic mass is 32.2. The van der Waals surface area contributed by atoms with Gasteiger partial charge in [0.15, 0.2) is 5.71 Å². The van der Waals surface area contributed by atoms with E-state index in [4.69, 9.17) is 9.84 Å². The number of nitrogens with zero attached hydrogens (tertiary/aromatic N) is 2. The smallest absolute Gasteiger partial charge is 0.303 e. The molecule has 5 N–H and O–H groups in total. The molecule has 0 aromatic heterocycles. The lowest BCUT2D eigenvalue weighted by atomic mass is 9.76. The normalized spacial score (nSPS) is 20.5. The maximum Gasteiger partial charge on any atom is 0.303 e. The van der Waals surface area contributed by atoms with Gasteiger partial charge < -0.3 is 14.7 Å². The van der Waals surface area contributed by atoms with Crippen LogP contribution < -0.4 is 4.90 Å². The van der Waals surface area contributed by atoms with Crippen LogP contribution in [0, 0.1) is 0 Å². The summed E-state index contributed by atoms with van der Waals surface area (Å²) >= 11 is 0. The molecule has 2 aromatic rings. The number of carboxylic acid groups (broad SMARTS) is 1. The van der Waals surface area contributed by atoms with E-state index < -0.39 is 68.8 Å². The number of allylic oxidation sites excluding steroid dienone is 8. The summed E-state index contributed by atoms with van der Waals surface area (Å²) in [6, 6.07) is 8.35. The molecular weight excluding hydrogens is 877 g/mol. The number of aliphatic carboxylic acids is 1. The van der Waals surface area contributed by atoms with E-state index in [1.807, 2.05) is 23.3 Å². The Bertz CT molecular complexity index is 2580.